The number of aliphatic hydroxyl groups is 1. The van der Waals surface area contributed by atoms with Crippen molar-refractivity contribution in [1.29, 1.82) is 0 Å². The third-order valence-electron chi connectivity index (χ3n) is 5.20. The van der Waals surface area contributed by atoms with Gasteiger partial charge >= 0.3 is 6.18 Å². The van der Waals surface area contributed by atoms with Gasteiger partial charge in [0.2, 0.25) is 5.95 Å². The zero-order chi connectivity index (χ0) is 22.8. The Bertz CT molecular complexity index is 663. The largest absolute Gasteiger partial charge is 0.419 e. The summed E-state index contributed by atoms with van der Waals surface area (Å²) in [7, 11) is 0. The van der Waals surface area contributed by atoms with Gasteiger partial charge in [-0.1, -0.05) is 43.4 Å². The maximum Gasteiger partial charge on any atom is 0.419 e. The van der Waals surface area contributed by atoms with Crippen LogP contribution >= 0.6 is 11.9 Å². The van der Waals surface area contributed by atoms with Gasteiger partial charge in [0, 0.05) is 43.2 Å². The zero-order valence-corrected chi connectivity index (χ0v) is 19.5. The molecule has 5 nitrogen and oxygen atoms in total. The van der Waals surface area contributed by atoms with Gasteiger partial charge in [-0.3, -0.25) is 0 Å². The molecule has 0 aliphatic heterocycles. The number of nitrogens with zero attached hydrogens (tertiary/aromatic N) is 3. The van der Waals surface area contributed by atoms with E-state index in [0.29, 0.717) is 13.1 Å². The maximum atomic E-state index is 12.6. The molecular weight excluding hydrogens is 413 g/mol. The first-order valence-electron chi connectivity index (χ1n) is 10.4. The highest BCUT2D eigenvalue weighted by atomic mass is 32.2. The van der Waals surface area contributed by atoms with Crippen LogP contribution in [0.15, 0.2) is 23.5 Å². The van der Waals surface area contributed by atoms with Gasteiger partial charge in [-0.05, 0) is 33.6 Å². The van der Waals surface area contributed by atoms with Crippen molar-refractivity contribution in [2.75, 3.05) is 37.3 Å². The molecule has 0 fully saturated rings. The van der Waals surface area contributed by atoms with Crippen molar-refractivity contribution in [2.45, 2.75) is 60.1 Å². The summed E-state index contributed by atoms with van der Waals surface area (Å²) >= 11 is 1.71. The van der Waals surface area contributed by atoms with Crippen molar-refractivity contribution in [1.82, 2.24) is 14.3 Å². The van der Waals surface area contributed by atoms with Crippen LogP contribution in [0.1, 0.15) is 59.4 Å². The fourth-order valence-corrected chi connectivity index (χ4v) is 4.60. The first-order valence-corrected chi connectivity index (χ1v) is 11.3. The minimum absolute atomic E-state index is 0.114. The van der Waals surface area contributed by atoms with Crippen LogP contribution < -0.4 is 5.32 Å². The number of hydrogen-bond acceptors (Lipinski definition) is 6. The van der Waals surface area contributed by atoms with Crippen molar-refractivity contribution in [3.05, 3.63) is 29.1 Å². The minimum Gasteiger partial charge on any atom is -0.395 e. The molecule has 0 saturated carbocycles. The molecule has 30 heavy (non-hydrogen) atoms. The van der Waals surface area contributed by atoms with E-state index in [0.717, 1.165) is 44.0 Å². The molecular formula is C21H35F3N4OS. The predicted molar refractivity (Wildman–Crippen MR) is 118 cm³/mol. The number of nitrogens with one attached hydrogen (secondary N) is 1. The predicted octanol–water partition coefficient (Wildman–Crippen LogP) is 5.40. The second-order valence-corrected chi connectivity index (χ2v) is 8.80. The summed E-state index contributed by atoms with van der Waals surface area (Å²) in [5, 5.41) is 13.2. The number of hydrogen-bond donors (Lipinski definition) is 2. The van der Waals surface area contributed by atoms with Gasteiger partial charge in [0.15, 0.2) is 0 Å². The van der Waals surface area contributed by atoms with Crippen LogP contribution in [0, 0.1) is 5.41 Å². The van der Waals surface area contributed by atoms with Crippen molar-refractivity contribution in [3.63, 3.8) is 0 Å². The second-order valence-electron chi connectivity index (χ2n) is 7.74. The Morgan fingerprint density at radius 2 is 1.73 bits per heavy atom. The van der Waals surface area contributed by atoms with E-state index in [1.54, 1.807) is 11.9 Å². The van der Waals surface area contributed by atoms with Crippen molar-refractivity contribution < 1.29 is 18.3 Å². The van der Waals surface area contributed by atoms with E-state index in [9.17, 15) is 18.3 Å². The number of aliphatic hydroxyl groups excluding tert-OH is 1. The first-order chi connectivity index (χ1) is 14.1. The van der Waals surface area contributed by atoms with Gasteiger partial charge in [0.1, 0.15) is 0 Å². The number of anilines is 1. The van der Waals surface area contributed by atoms with Crippen LogP contribution in [0.2, 0.25) is 0 Å². The topological polar surface area (TPSA) is 61.3 Å². The van der Waals surface area contributed by atoms with Gasteiger partial charge in [0.25, 0.3) is 0 Å². The Labute approximate surface area is 182 Å². The SMILES string of the molecule is CCCN(CCNc1ncc(C(F)(F)F)cn1)SCC(CO)(CCC)C(C)=C(C)C. The molecule has 172 valence electrons. The van der Waals surface area contributed by atoms with Gasteiger partial charge < -0.3 is 10.4 Å². The van der Waals surface area contributed by atoms with Crippen LogP contribution in [0.5, 0.6) is 0 Å². The Morgan fingerprint density at radius 1 is 1.10 bits per heavy atom. The molecule has 1 atom stereocenters. The van der Waals surface area contributed by atoms with E-state index in [4.69, 9.17) is 0 Å². The number of allylic oxidation sites excluding steroid dienone is 1. The molecule has 1 aromatic heterocycles. The molecule has 1 aromatic rings. The summed E-state index contributed by atoms with van der Waals surface area (Å²) in [5.41, 5.74) is 1.38. The summed E-state index contributed by atoms with van der Waals surface area (Å²) in [4.78, 5) is 7.49. The lowest BCUT2D eigenvalue weighted by atomic mass is 9.77. The molecule has 0 bridgehead atoms. The van der Waals surface area contributed by atoms with Crippen LogP contribution in [0.4, 0.5) is 19.1 Å². The van der Waals surface area contributed by atoms with Crippen LogP contribution in [0.3, 0.4) is 0 Å². The average molecular weight is 449 g/mol. The number of halogens is 3. The van der Waals surface area contributed by atoms with Gasteiger partial charge in [0.05, 0.1) is 12.2 Å². The fourth-order valence-electron chi connectivity index (χ4n) is 3.18. The summed E-state index contributed by atoms with van der Waals surface area (Å²) < 4.78 is 40.0. The normalized spacial score (nSPS) is 13.9. The summed E-state index contributed by atoms with van der Waals surface area (Å²) in [5.74, 6) is 0.964. The van der Waals surface area contributed by atoms with Crippen LogP contribution in [0.25, 0.3) is 0 Å². The molecule has 0 amide bonds. The first kappa shape index (κ1) is 26.7. The van der Waals surface area contributed by atoms with Gasteiger partial charge in [-0.2, -0.15) is 13.2 Å². The number of aromatic nitrogens is 2. The molecule has 0 spiro atoms. The third-order valence-corrected chi connectivity index (χ3v) is 6.61. The van der Waals surface area contributed by atoms with Gasteiger partial charge in [-0.25, -0.2) is 14.3 Å². The van der Waals surface area contributed by atoms with Crippen molar-refractivity contribution >= 4 is 17.9 Å². The van der Waals surface area contributed by atoms with E-state index >= 15 is 0 Å². The lowest BCUT2D eigenvalue weighted by Gasteiger charge is -2.35. The van der Waals surface area contributed by atoms with E-state index in [-0.39, 0.29) is 18.0 Å². The Hall–Kier alpha value is -1.32. The number of alkyl halides is 3. The Morgan fingerprint density at radius 3 is 2.20 bits per heavy atom. The minimum atomic E-state index is -4.44. The van der Waals surface area contributed by atoms with Crippen LogP contribution in [-0.4, -0.2) is 51.4 Å². The van der Waals surface area contributed by atoms with Crippen LogP contribution in [-0.2, 0) is 6.18 Å². The highest BCUT2D eigenvalue weighted by molar-refractivity contribution is 7.97. The average Bonchev–Trinajstić information content (AvgIpc) is 2.70. The zero-order valence-electron chi connectivity index (χ0n) is 18.6. The maximum absolute atomic E-state index is 12.6. The molecule has 0 aliphatic rings. The smallest absolute Gasteiger partial charge is 0.395 e. The molecule has 1 unspecified atom stereocenters. The molecule has 1 rings (SSSR count). The summed E-state index contributed by atoms with van der Waals surface area (Å²) in [6.45, 7) is 12.7. The second kappa shape index (κ2) is 12.5. The third kappa shape index (κ3) is 8.07. The molecule has 0 aliphatic carbocycles. The lowest BCUT2D eigenvalue weighted by molar-refractivity contribution is -0.138. The van der Waals surface area contributed by atoms with Crippen molar-refractivity contribution in [3.8, 4) is 0 Å². The summed E-state index contributed by atoms with van der Waals surface area (Å²) in [6.07, 6.45) is 0.0316. The molecule has 1 heterocycles. The standard InChI is InChI=1S/C21H35F3N4OS/c1-6-8-20(14-29,17(5)16(3)4)15-30-28(10-7-2)11-9-25-19-26-12-18(13-27-19)21(22,23)24/h12-13,29H,6-11,14-15H2,1-5H3,(H,25,26,27). The molecule has 2 N–H and O–H groups in total. The molecule has 0 saturated heterocycles. The molecule has 0 radical (unpaired) electrons. The van der Waals surface area contributed by atoms with E-state index in [2.05, 4.69) is 54.2 Å². The summed E-state index contributed by atoms with van der Waals surface area (Å²) in [6, 6.07) is 0. The van der Waals surface area contributed by atoms with E-state index in [1.807, 2.05) is 0 Å². The Balaban J connectivity index is 2.70. The highest BCUT2D eigenvalue weighted by Gasteiger charge is 2.32. The van der Waals surface area contributed by atoms with Crippen molar-refractivity contribution in [2.24, 2.45) is 5.41 Å². The fraction of sp³-hybridized carbons (Fsp3) is 0.714. The monoisotopic (exact) mass is 448 g/mol. The molecule has 0 aromatic carbocycles. The van der Waals surface area contributed by atoms with E-state index in [1.165, 1.54) is 11.1 Å². The Kier molecular flexibility index (Phi) is 11.1. The van der Waals surface area contributed by atoms with Gasteiger partial charge in [-0.15, -0.1) is 0 Å². The highest BCUT2D eigenvalue weighted by Crippen LogP contribution is 2.38. The quantitative estimate of drug-likeness (QED) is 0.311. The number of rotatable bonds is 13. The van der Waals surface area contributed by atoms with E-state index < -0.39 is 11.7 Å². The molecule has 9 heteroatoms. The lowest BCUT2D eigenvalue weighted by Crippen LogP contribution is -2.34.